The number of thiazole rings is 1. The maximum absolute atomic E-state index is 4.73. The third kappa shape index (κ3) is 6.04. The predicted molar refractivity (Wildman–Crippen MR) is 136 cm³/mol. The number of benzene rings is 1. The van der Waals surface area contributed by atoms with Gasteiger partial charge in [-0.05, 0) is 31.5 Å². The molecule has 0 saturated carbocycles. The molecule has 6 nitrogen and oxygen atoms in total. The van der Waals surface area contributed by atoms with Crippen molar-refractivity contribution in [1.82, 2.24) is 25.4 Å². The normalized spacial score (nSPS) is 11.9. The number of nitrogens with one attached hydrogen (secondary N) is 2. The molecule has 0 amide bonds. The van der Waals surface area contributed by atoms with Crippen LogP contribution in [0.5, 0.6) is 0 Å². The van der Waals surface area contributed by atoms with Crippen LogP contribution in [-0.4, -0.2) is 27.8 Å². The standard InChI is InChI=1S/C22H30N6S.HI/c1-15-11-16(2)28(27-15)19-10-8-7-9-17(19)12-24-21(23-6)25-13-18-14-29-20(26-18)22(3,4)5;/h7-11,14H,12-13H2,1-6H3,(H2,23,24,25);1H. The van der Waals surface area contributed by atoms with Gasteiger partial charge in [0.2, 0.25) is 0 Å². The number of hydrogen-bond donors (Lipinski definition) is 2. The molecule has 0 saturated heterocycles. The lowest BCUT2D eigenvalue weighted by Crippen LogP contribution is -2.36. The molecule has 0 aliphatic heterocycles. The first-order valence-corrected chi connectivity index (χ1v) is 10.7. The molecule has 8 heteroatoms. The molecule has 162 valence electrons. The molecule has 1 aromatic carbocycles. The molecule has 0 aliphatic rings. The predicted octanol–water partition coefficient (Wildman–Crippen LogP) is 4.73. The zero-order valence-corrected chi connectivity index (χ0v) is 21.6. The highest BCUT2D eigenvalue weighted by atomic mass is 127. The SMILES string of the molecule is CN=C(NCc1csc(C(C)(C)C)n1)NCc1ccccc1-n1nc(C)cc1C.I. The Hall–Kier alpha value is -1.94. The Morgan fingerprint density at radius 1 is 1.13 bits per heavy atom. The van der Waals surface area contributed by atoms with Crippen molar-refractivity contribution in [3.05, 3.63) is 63.4 Å². The van der Waals surface area contributed by atoms with Crippen molar-refractivity contribution in [2.45, 2.75) is 53.1 Å². The van der Waals surface area contributed by atoms with Gasteiger partial charge in [0.25, 0.3) is 0 Å². The van der Waals surface area contributed by atoms with E-state index in [0.717, 1.165) is 39.3 Å². The summed E-state index contributed by atoms with van der Waals surface area (Å²) in [5.41, 5.74) is 5.48. The third-order valence-electron chi connectivity index (χ3n) is 4.53. The van der Waals surface area contributed by atoms with Crippen molar-refractivity contribution < 1.29 is 0 Å². The Morgan fingerprint density at radius 2 is 1.83 bits per heavy atom. The molecule has 2 aromatic heterocycles. The van der Waals surface area contributed by atoms with Gasteiger partial charge in [-0.15, -0.1) is 35.3 Å². The van der Waals surface area contributed by atoms with Crippen molar-refractivity contribution in [2.24, 2.45) is 4.99 Å². The van der Waals surface area contributed by atoms with Crippen LogP contribution in [0.15, 0.2) is 40.7 Å². The van der Waals surface area contributed by atoms with Crippen LogP contribution in [0.2, 0.25) is 0 Å². The van der Waals surface area contributed by atoms with Gasteiger partial charge in [-0.1, -0.05) is 39.0 Å². The lowest BCUT2D eigenvalue weighted by molar-refractivity contribution is 0.582. The van der Waals surface area contributed by atoms with Crippen LogP contribution in [0.25, 0.3) is 5.69 Å². The monoisotopic (exact) mass is 538 g/mol. The Labute approximate surface area is 200 Å². The highest BCUT2D eigenvalue weighted by molar-refractivity contribution is 14.0. The first-order valence-electron chi connectivity index (χ1n) is 9.79. The number of para-hydroxylation sites is 1. The summed E-state index contributed by atoms with van der Waals surface area (Å²) >= 11 is 1.71. The van der Waals surface area contributed by atoms with E-state index >= 15 is 0 Å². The topological polar surface area (TPSA) is 67.1 Å². The molecular weight excluding hydrogens is 507 g/mol. The molecule has 0 bridgehead atoms. The van der Waals surface area contributed by atoms with Crippen LogP contribution < -0.4 is 10.6 Å². The van der Waals surface area contributed by atoms with Gasteiger partial charge in [0.05, 0.1) is 28.6 Å². The molecule has 2 heterocycles. The number of aromatic nitrogens is 3. The molecule has 0 unspecified atom stereocenters. The number of rotatable bonds is 5. The second-order valence-corrected chi connectivity index (χ2v) is 9.00. The van der Waals surface area contributed by atoms with E-state index in [9.17, 15) is 0 Å². The summed E-state index contributed by atoms with van der Waals surface area (Å²) in [7, 11) is 1.78. The zero-order chi connectivity index (χ0) is 21.0. The Kier molecular flexibility index (Phi) is 8.42. The minimum absolute atomic E-state index is 0. The van der Waals surface area contributed by atoms with Crippen molar-refractivity contribution in [3.63, 3.8) is 0 Å². The number of aryl methyl sites for hydroxylation is 2. The van der Waals surface area contributed by atoms with Crippen LogP contribution in [-0.2, 0) is 18.5 Å². The van der Waals surface area contributed by atoms with Crippen molar-refractivity contribution >= 4 is 41.3 Å². The molecule has 0 spiro atoms. The first-order chi connectivity index (χ1) is 13.8. The van der Waals surface area contributed by atoms with Gasteiger partial charge < -0.3 is 10.6 Å². The smallest absolute Gasteiger partial charge is 0.191 e. The van der Waals surface area contributed by atoms with E-state index in [0.29, 0.717) is 13.1 Å². The fourth-order valence-corrected chi connectivity index (χ4v) is 3.95. The highest BCUT2D eigenvalue weighted by Gasteiger charge is 2.18. The average molecular weight is 539 g/mol. The van der Waals surface area contributed by atoms with E-state index in [2.05, 4.69) is 72.0 Å². The molecule has 0 aliphatic carbocycles. The zero-order valence-electron chi connectivity index (χ0n) is 18.5. The van der Waals surface area contributed by atoms with Gasteiger partial charge in [0.1, 0.15) is 0 Å². The maximum Gasteiger partial charge on any atom is 0.191 e. The molecule has 0 atom stereocenters. The van der Waals surface area contributed by atoms with E-state index in [1.54, 1.807) is 18.4 Å². The Morgan fingerprint density at radius 3 is 2.43 bits per heavy atom. The average Bonchev–Trinajstić information content (AvgIpc) is 3.28. The summed E-state index contributed by atoms with van der Waals surface area (Å²) in [6.07, 6.45) is 0. The van der Waals surface area contributed by atoms with Crippen molar-refractivity contribution in [1.29, 1.82) is 0 Å². The van der Waals surface area contributed by atoms with E-state index < -0.39 is 0 Å². The van der Waals surface area contributed by atoms with Gasteiger partial charge in [-0.25, -0.2) is 9.67 Å². The summed E-state index contributed by atoms with van der Waals surface area (Å²) in [5.74, 6) is 0.749. The van der Waals surface area contributed by atoms with Crippen LogP contribution in [0.1, 0.15) is 48.4 Å². The quantitative estimate of drug-likeness (QED) is 0.280. The minimum atomic E-state index is 0. The second-order valence-electron chi connectivity index (χ2n) is 8.14. The van der Waals surface area contributed by atoms with Crippen LogP contribution in [0, 0.1) is 13.8 Å². The summed E-state index contributed by atoms with van der Waals surface area (Å²) in [6.45, 7) is 11.9. The van der Waals surface area contributed by atoms with Gasteiger partial charge >= 0.3 is 0 Å². The highest BCUT2D eigenvalue weighted by Crippen LogP contribution is 2.25. The van der Waals surface area contributed by atoms with Gasteiger partial charge in [0.15, 0.2) is 5.96 Å². The number of guanidine groups is 1. The number of nitrogens with zero attached hydrogens (tertiary/aromatic N) is 4. The van der Waals surface area contributed by atoms with Gasteiger partial charge in [-0.2, -0.15) is 5.10 Å². The van der Waals surface area contributed by atoms with Crippen LogP contribution in [0.3, 0.4) is 0 Å². The van der Waals surface area contributed by atoms with Crippen molar-refractivity contribution in [2.75, 3.05) is 7.05 Å². The fourth-order valence-electron chi connectivity index (χ4n) is 3.05. The molecule has 0 radical (unpaired) electrons. The lowest BCUT2D eigenvalue weighted by atomic mass is 9.98. The van der Waals surface area contributed by atoms with Gasteiger partial charge in [0, 0.05) is 30.1 Å². The summed E-state index contributed by atoms with van der Waals surface area (Å²) in [5, 5.41) is 14.6. The lowest BCUT2D eigenvalue weighted by Gasteiger charge is -2.15. The van der Waals surface area contributed by atoms with Crippen molar-refractivity contribution in [3.8, 4) is 5.69 Å². The maximum atomic E-state index is 4.73. The van der Waals surface area contributed by atoms with Gasteiger partial charge in [-0.3, -0.25) is 4.99 Å². The second kappa shape index (κ2) is 10.4. The molecule has 3 rings (SSSR count). The molecular formula is C22H31IN6S. The van der Waals surface area contributed by atoms with E-state index in [1.165, 1.54) is 0 Å². The summed E-state index contributed by atoms with van der Waals surface area (Å²) < 4.78 is 1.99. The van der Waals surface area contributed by atoms with Crippen LogP contribution >= 0.6 is 35.3 Å². The summed E-state index contributed by atoms with van der Waals surface area (Å²) in [4.78, 5) is 9.08. The fraction of sp³-hybridized carbons (Fsp3) is 0.409. The molecule has 0 fully saturated rings. The van der Waals surface area contributed by atoms with E-state index in [-0.39, 0.29) is 29.4 Å². The van der Waals surface area contributed by atoms with E-state index in [1.807, 2.05) is 23.7 Å². The van der Waals surface area contributed by atoms with E-state index in [4.69, 9.17) is 4.98 Å². The summed E-state index contributed by atoms with van der Waals surface area (Å²) in [6, 6.07) is 10.4. The third-order valence-corrected chi connectivity index (χ3v) is 5.85. The Balaban J connectivity index is 0.00000320. The first kappa shape index (κ1) is 24.3. The molecule has 3 aromatic rings. The molecule has 30 heavy (non-hydrogen) atoms. The molecule has 2 N–H and O–H groups in total. The number of hydrogen-bond acceptors (Lipinski definition) is 4. The minimum Gasteiger partial charge on any atom is -0.352 e. The Bertz CT molecular complexity index is 999. The van der Waals surface area contributed by atoms with Crippen LogP contribution in [0.4, 0.5) is 0 Å². The number of aliphatic imine (C=N–C) groups is 1. The number of halogens is 1. The largest absolute Gasteiger partial charge is 0.352 e.